The quantitative estimate of drug-likeness (QED) is 0.737. The third-order valence-corrected chi connectivity index (χ3v) is 3.11. The van der Waals surface area contributed by atoms with Crippen LogP contribution in [0.5, 0.6) is 0 Å². The minimum absolute atomic E-state index is 0.576. The highest BCUT2D eigenvalue weighted by molar-refractivity contribution is 7.09. The number of nitrogens with zero attached hydrogens (tertiary/aromatic N) is 1. The summed E-state index contributed by atoms with van der Waals surface area (Å²) in [6.07, 6.45) is 6.87. The molecule has 0 aliphatic rings. The van der Waals surface area contributed by atoms with Crippen molar-refractivity contribution in [2.75, 3.05) is 0 Å². The van der Waals surface area contributed by atoms with Crippen molar-refractivity contribution < 1.29 is 5.11 Å². The fourth-order valence-electron chi connectivity index (χ4n) is 1.51. The van der Waals surface area contributed by atoms with Crippen molar-refractivity contribution in [3.63, 3.8) is 0 Å². The molecule has 0 aliphatic carbocycles. The van der Waals surface area contributed by atoms with E-state index in [1.807, 2.05) is 12.3 Å². The minimum Gasteiger partial charge on any atom is -0.390 e. The van der Waals surface area contributed by atoms with Crippen LogP contribution in [0.15, 0.2) is 11.6 Å². The van der Waals surface area contributed by atoms with E-state index in [0.717, 1.165) is 17.8 Å². The zero-order chi connectivity index (χ0) is 10.4. The molecule has 2 nitrogen and oxygen atoms in total. The van der Waals surface area contributed by atoms with Crippen LogP contribution in [0.3, 0.4) is 0 Å². The van der Waals surface area contributed by atoms with Crippen LogP contribution in [0.25, 0.3) is 0 Å². The summed E-state index contributed by atoms with van der Waals surface area (Å²) < 4.78 is 0. The van der Waals surface area contributed by atoms with E-state index in [4.69, 9.17) is 0 Å². The molecule has 1 unspecified atom stereocenters. The van der Waals surface area contributed by atoms with Crippen molar-refractivity contribution in [3.8, 4) is 0 Å². The Morgan fingerprint density at radius 1 is 1.50 bits per heavy atom. The predicted octanol–water partition coefficient (Wildman–Crippen LogP) is 3.02. The van der Waals surface area contributed by atoms with Gasteiger partial charge in [0.05, 0.1) is 10.6 Å². The van der Waals surface area contributed by atoms with Gasteiger partial charge in [-0.1, -0.05) is 26.2 Å². The molecule has 1 N–H and O–H groups in total. The Kier molecular flexibility index (Phi) is 4.55. The minimum atomic E-state index is -0.576. The summed E-state index contributed by atoms with van der Waals surface area (Å²) in [5.74, 6) is 0. The van der Waals surface area contributed by atoms with E-state index < -0.39 is 5.60 Å². The number of unbranched alkanes of at least 4 members (excludes halogenated alkanes) is 2. The molecule has 1 atom stereocenters. The molecule has 0 fully saturated rings. The van der Waals surface area contributed by atoms with E-state index in [0.29, 0.717) is 6.42 Å². The van der Waals surface area contributed by atoms with Gasteiger partial charge in [-0.15, -0.1) is 11.3 Å². The van der Waals surface area contributed by atoms with Crippen molar-refractivity contribution in [1.29, 1.82) is 0 Å². The molecule has 0 bridgehead atoms. The molecule has 0 amide bonds. The first-order valence-electron chi connectivity index (χ1n) is 5.25. The standard InChI is InChI=1S/C11H19NOS/c1-3-4-5-6-11(2,13)9-10-12-7-8-14-10/h7-8,13H,3-6,9H2,1-2H3. The lowest BCUT2D eigenvalue weighted by Crippen LogP contribution is -2.26. The van der Waals surface area contributed by atoms with Crippen molar-refractivity contribution in [3.05, 3.63) is 16.6 Å². The van der Waals surface area contributed by atoms with Crippen LogP contribution in [0.1, 0.15) is 44.5 Å². The average Bonchev–Trinajstić information content (AvgIpc) is 2.56. The Morgan fingerprint density at radius 3 is 2.86 bits per heavy atom. The first-order valence-corrected chi connectivity index (χ1v) is 6.13. The second kappa shape index (κ2) is 5.47. The molecule has 3 heteroatoms. The summed E-state index contributed by atoms with van der Waals surface area (Å²) in [6.45, 7) is 4.08. The van der Waals surface area contributed by atoms with Gasteiger partial charge in [-0.25, -0.2) is 4.98 Å². The van der Waals surface area contributed by atoms with Crippen LogP contribution in [-0.2, 0) is 6.42 Å². The van der Waals surface area contributed by atoms with Gasteiger partial charge in [-0.2, -0.15) is 0 Å². The van der Waals surface area contributed by atoms with Crippen molar-refractivity contribution in [2.45, 2.75) is 51.6 Å². The van der Waals surface area contributed by atoms with E-state index in [-0.39, 0.29) is 0 Å². The molecule has 0 radical (unpaired) electrons. The van der Waals surface area contributed by atoms with E-state index in [2.05, 4.69) is 11.9 Å². The molecule has 14 heavy (non-hydrogen) atoms. The van der Waals surface area contributed by atoms with E-state index in [9.17, 15) is 5.11 Å². The Bertz CT molecular complexity index is 244. The van der Waals surface area contributed by atoms with Gasteiger partial charge < -0.3 is 5.11 Å². The van der Waals surface area contributed by atoms with Gasteiger partial charge >= 0.3 is 0 Å². The van der Waals surface area contributed by atoms with Crippen LogP contribution in [-0.4, -0.2) is 15.7 Å². The maximum atomic E-state index is 10.1. The first-order chi connectivity index (χ1) is 6.64. The van der Waals surface area contributed by atoms with Gasteiger partial charge in [0.25, 0.3) is 0 Å². The summed E-state index contributed by atoms with van der Waals surface area (Å²) in [5, 5.41) is 13.1. The summed E-state index contributed by atoms with van der Waals surface area (Å²) in [7, 11) is 0. The summed E-state index contributed by atoms with van der Waals surface area (Å²) >= 11 is 1.62. The number of hydrogen-bond acceptors (Lipinski definition) is 3. The van der Waals surface area contributed by atoms with Crippen molar-refractivity contribution in [2.24, 2.45) is 0 Å². The van der Waals surface area contributed by atoms with Crippen LogP contribution >= 0.6 is 11.3 Å². The SMILES string of the molecule is CCCCCC(C)(O)Cc1nccs1. The van der Waals surface area contributed by atoms with Crippen LogP contribution < -0.4 is 0 Å². The van der Waals surface area contributed by atoms with Gasteiger partial charge in [0.15, 0.2) is 0 Å². The summed E-state index contributed by atoms with van der Waals surface area (Å²) in [5.41, 5.74) is -0.576. The summed E-state index contributed by atoms with van der Waals surface area (Å²) in [4.78, 5) is 4.19. The Balaban J connectivity index is 2.33. The van der Waals surface area contributed by atoms with E-state index in [1.54, 1.807) is 17.5 Å². The second-order valence-electron chi connectivity index (χ2n) is 4.06. The van der Waals surface area contributed by atoms with Crippen molar-refractivity contribution >= 4 is 11.3 Å². The number of aliphatic hydroxyl groups is 1. The molecule has 1 heterocycles. The van der Waals surface area contributed by atoms with E-state index in [1.165, 1.54) is 12.8 Å². The lowest BCUT2D eigenvalue weighted by molar-refractivity contribution is 0.0485. The zero-order valence-corrected chi connectivity index (χ0v) is 9.81. The van der Waals surface area contributed by atoms with Gasteiger partial charge in [0, 0.05) is 18.0 Å². The lowest BCUT2D eigenvalue weighted by atomic mass is 9.95. The number of hydrogen-bond donors (Lipinski definition) is 1. The fourth-order valence-corrected chi connectivity index (χ4v) is 2.31. The molecule has 0 saturated carbocycles. The van der Waals surface area contributed by atoms with Crippen LogP contribution in [0.4, 0.5) is 0 Å². The number of thiazole rings is 1. The molecule has 1 aromatic rings. The molecule has 1 aromatic heterocycles. The molecular weight excluding hydrogens is 194 g/mol. The highest BCUT2D eigenvalue weighted by Crippen LogP contribution is 2.21. The lowest BCUT2D eigenvalue weighted by Gasteiger charge is -2.21. The predicted molar refractivity (Wildman–Crippen MR) is 60.6 cm³/mol. The third kappa shape index (κ3) is 4.20. The van der Waals surface area contributed by atoms with E-state index >= 15 is 0 Å². The molecule has 0 aliphatic heterocycles. The Labute approximate surface area is 90.0 Å². The molecule has 80 valence electrons. The van der Waals surface area contributed by atoms with Gasteiger partial charge in [-0.3, -0.25) is 0 Å². The van der Waals surface area contributed by atoms with Gasteiger partial charge in [0.1, 0.15) is 0 Å². The molecule has 0 saturated heterocycles. The molecular formula is C11H19NOS. The Hall–Kier alpha value is -0.410. The van der Waals surface area contributed by atoms with Crippen LogP contribution in [0.2, 0.25) is 0 Å². The maximum Gasteiger partial charge on any atom is 0.0953 e. The maximum absolute atomic E-state index is 10.1. The average molecular weight is 213 g/mol. The smallest absolute Gasteiger partial charge is 0.0953 e. The largest absolute Gasteiger partial charge is 0.390 e. The Morgan fingerprint density at radius 2 is 2.29 bits per heavy atom. The first kappa shape index (κ1) is 11.7. The molecule has 0 spiro atoms. The highest BCUT2D eigenvalue weighted by Gasteiger charge is 2.21. The summed E-state index contributed by atoms with van der Waals surface area (Å²) in [6, 6.07) is 0. The second-order valence-corrected chi connectivity index (χ2v) is 5.04. The van der Waals surface area contributed by atoms with Gasteiger partial charge in [-0.05, 0) is 13.3 Å². The molecule has 1 rings (SSSR count). The third-order valence-electron chi connectivity index (χ3n) is 2.33. The topological polar surface area (TPSA) is 33.1 Å². The normalized spacial score (nSPS) is 15.4. The molecule has 0 aromatic carbocycles. The van der Waals surface area contributed by atoms with Crippen molar-refractivity contribution in [1.82, 2.24) is 4.98 Å². The zero-order valence-electron chi connectivity index (χ0n) is 8.99. The van der Waals surface area contributed by atoms with Gasteiger partial charge in [0.2, 0.25) is 0 Å². The number of aromatic nitrogens is 1. The monoisotopic (exact) mass is 213 g/mol. The number of rotatable bonds is 6. The van der Waals surface area contributed by atoms with Crippen LogP contribution in [0, 0.1) is 0 Å². The fraction of sp³-hybridized carbons (Fsp3) is 0.727. The highest BCUT2D eigenvalue weighted by atomic mass is 32.1.